The monoisotopic (exact) mass is 358 g/mol. The Hall–Kier alpha value is -0.820. The van der Waals surface area contributed by atoms with E-state index in [0.717, 1.165) is 42.0 Å². The zero-order valence-corrected chi connectivity index (χ0v) is 14.9. The molecule has 3 rings (SSSR count). The van der Waals surface area contributed by atoms with Crippen molar-refractivity contribution in [1.29, 1.82) is 0 Å². The van der Waals surface area contributed by atoms with Crippen molar-refractivity contribution in [1.82, 2.24) is 4.31 Å². The number of hydrogen-bond acceptors (Lipinski definition) is 3. The fourth-order valence-corrected chi connectivity index (χ4v) is 4.80. The summed E-state index contributed by atoms with van der Waals surface area (Å²) in [6, 6.07) is 5.72. The molecule has 1 aliphatic carbocycles. The van der Waals surface area contributed by atoms with Crippen molar-refractivity contribution in [2.24, 2.45) is 16.5 Å². The van der Waals surface area contributed by atoms with E-state index in [2.05, 4.69) is 0 Å². The number of nitrogens with two attached hydrogens (primary N) is 1. The highest BCUT2D eigenvalue weighted by Gasteiger charge is 2.54. The summed E-state index contributed by atoms with van der Waals surface area (Å²) in [4.78, 5) is 0. The first kappa shape index (κ1) is 17.0. The third kappa shape index (κ3) is 3.65. The zero-order chi connectivity index (χ0) is 16.7. The molecule has 1 saturated heterocycles. The molecule has 1 spiro atoms. The van der Waals surface area contributed by atoms with Crippen LogP contribution in [0.2, 0.25) is 5.02 Å². The van der Waals surface area contributed by atoms with Crippen LogP contribution in [0.5, 0.6) is 5.75 Å². The van der Waals surface area contributed by atoms with Crippen LogP contribution < -0.4 is 9.88 Å². The van der Waals surface area contributed by atoms with Gasteiger partial charge in [0, 0.05) is 18.1 Å². The quantitative estimate of drug-likeness (QED) is 0.879. The van der Waals surface area contributed by atoms with Crippen LogP contribution in [0.15, 0.2) is 18.2 Å². The summed E-state index contributed by atoms with van der Waals surface area (Å²) in [6.45, 7) is 1.10. The first-order valence-electron chi connectivity index (χ1n) is 7.94. The summed E-state index contributed by atoms with van der Waals surface area (Å²) in [7, 11) is -1.86. The third-order valence-corrected chi connectivity index (χ3v) is 6.76. The molecule has 0 aromatic heterocycles. The maximum absolute atomic E-state index is 11.4. The average Bonchev–Trinajstić information content (AvgIpc) is 3.17. The molecule has 0 bridgehead atoms. The van der Waals surface area contributed by atoms with E-state index in [1.54, 1.807) is 7.11 Å². The Morgan fingerprint density at radius 1 is 1.39 bits per heavy atom. The maximum Gasteiger partial charge on any atom is 0.276 e. The Labute approximate surface area is 142 Å². The van der Waals surface area contributed by atoms with Gasteiger partial charge in [0.15, 0.2) is 0 Å². The lowest BCUT2D eigenvalue weighted by molar-refractivity contribution is 0.238. The van der Waals surface area contributed by atoms with E-state index < -0.39 is 10.2 Å². The molecule has 1 aliphatic heterocycles. The maximum atomic E-state index is 11.4. The Morgan fingerprint density at radius 2 is 2.09 bits per heavy atom. The molecule has 23 heavy (non-hydrogen) atoms. The summed E-state index contributed by atoms with van der Waals surface area (Å²) in [5.74, 6) is 1.54. The van der Waals surface area contributed by atoms with Gasteiger partial charge in [-0.05, 0) is 67.2 Å². The molecule has 1 saturated carbocycles. The van der Waals surface area contributed by atoms with E-state index in [4.69, 9.17) is 21.5 Å². The normalized spacial score (nSPS) is 23.9. The number of hydrogen-bond donors (Lipinski definition) is 1. The zero-order valence-electron chi connectivity index (χ0n) is 13.3. The van der Waals surface area contributed by atoms with Gasteiger partial charge in [0.05, 0.1) is 7.11 Å². The van der Waals surface area contributed by atoms with Gasteiger partial charge in [-0.1, -0.05) is 11.6 Å². The Morgan fingerprint density at radius 3 is 2.70 bits per heavy atom. The van der Waals surface area contributed by atoms with Crippen molar-refractivity contribution in [3.05, 3.63) is 28.8 Å². The molecule has 0 radical (unpaired) electrons. The fraction of sp³-hybridized carbons (Fsp3) is 0.625. The van der Waals surface area contributed by atoms with Gasteiger partial charge in [0.25, 0.3) is 10.2 Å². The van der Waals surface area contributed by atoms with E-state index in [9.17, 15) is 8.42 Å². The Balaban J connectivity index is 1.56. The van der Waals surface area contributed by atoms with Crippen molar-refractivity contribution in [3.63, 3.8) is 0 Å². The van der Waals surface area contributed by atoms with Crippen molar-refractivity contribution >= 4 is 21.8 Å². The van der Waals surface area contributed by atoms with Crippen LogP contribution in [0.4, 0.5) is 0 Å². The minimum absolute atomic E-state index is 0.326. The minimum atomic E-state index is -3.53. The topological polar surface area (TPSA) is 72.6 Å². The van der Waals surface area contributed by atoms with Crippen molar-refractivity contribution in [2.45, 2.75) is 32.1 Å². The van der Waals surface area contributed by atoms with E-state index in [1.165, 1.54) is 10.7 Å². The molecule has 1 heterocycles. The Bertz CT molecular complexity index is 685. The molecule has 1 aromatic carbocycles. The predicted octanol–water partition coefficient (Wildman–Crippen LogP) is 2.59. The molecular weight excluding hydrogens is 336 g/mol. The molecule has 2 aliphatic rings. The first-order chi connectivity index (χ1) is 10.8. The van der Waals surface area contributed by atoms with Gasteiger partial charge in [-0.15, -0.1) is 0 Å². The lowest BCUT2D eigenvalue weighted by Crippen LogP contribution is -2.43. The summed E-state index contributed by atoms with van der Waals surface area (Å²) >= 11 is 6.08. The highest BCUT2D eigenvalue weighted by atomic mass is 35.5. The largest absolute Gasteiger partial charge is 0.496 e. The first-order valence-corrected chi connectivity index (χ1v) is 9.82. The molecule has 5 nitrogen and oxygen atoms in total. The van der Waals surface area contributed by atoms with Crippen LogP contribution in [-0.2, 0) is 16.6 Å². The highest BCUT2D eigenvalue weighted by Crippen LogP contribution is 2.61. The molecule has 2 N–H and O–H groups in total. The van der Waals surface area contributed by atoms with Gasteiger partial charge in [-0.3, -0.25) is 0 Å². The lowest BCUT2D eigenvalue weighted by atomic mass is 9.90. The lowest BCUT2D eigenvalue weighted by Gasteiger charge is -2.30. The van der Waals surface area contributed by atoms with Crippen LogP contribution >= 0.6 is 11.6 Å². The average molecular weight is 359 g/mol. The number of piperidine rings is 1. The van der Waals surface area contributed by atoms with Gasteiger partial charge in [0.1, 0.15) is 5.75 Å². The van der Waals surface area contributed by atoms with Gasteiger partial charge in [-0.25, -0.2) is 5.14 Å². The van der Waals surface area contributed by atoms with Crippen molar-refractivity contribution in [3.8, 4) is 5.75 Å². The summed E-state index contributed by atoms with van der Waals surface area (Å²) in [5.41, 5.74) is 1.47. The number of rotatable bonds is 5. The predicted molar refractivity (Wildman–Crippen MR) is 90.8 cm³/mol. The van der Waals surface area contributed by atoms with Crippen LogP contribution in [0.1, 0.15) is 31.2 Å². The second-order valence-corrected chi connectivity index (χ2v) is 8.69. The van der Waals surface area contributed by atoms with Gasteiger partial charge < -0.3 is 4.74 Å². The third-order valence-electron chi connectivity index (χ3n) is 5.44. The molecule has 1 aromatic rings. The van der Waals surface area contributed by atoms with Crippen LogP contribution in [0, 0.1) is 11.3 Å². The molecular formula is C16H23ClN2O3S. The standard InChI is InChI=1S/C16H23ClN2O3S/c1-22-15-5-4-14(17)10-12(15)2-3-13-11-16(13)6-8-19(9-7-16)23(18,20)21/h4-5,10,13H,2-3,6-9,11H2,1H3,(H2,18,20,21)/t13-/m1/s1. The van der Waals surface area contributed by atoms with Crippen LogP contribution in [0.3, 0.4) is 0 Å². The Kier molecular flexibility index (Phi) is 4.62. The van der Waals surface area contributed by atoms with Crippen molar-refractivity contribution in [2.75, 3.05) is 20.2 Å². The molecule has 2 fully saturated rings. The minimum Gasteiger partial charge on any atom is -0.496 e. The summed E-state index contributed by atoms with van der Waals surface area (Å²) in [6.07, 6.45) is 5.05. The smallest absolute Gasteiger partial charge is 0.276 e. The van der Waals surface area contributed by atoms with E-state index in [1.807, 2.05) is 18.2 Å². The SMILES string of the molecule is COc1ccc(Cl)cc1CC[C@@H]1CC12CCN(S(N)(=O)=O)CC2. The second-order valence-electron chi connectivity index (χ2n) is 6.70. The number of halogens is 1. The van der Waals surface area contributed by atoms with Crippen LogP contribution in [0.25, 0.3) is 0 Å². The number of ether oxygens (including phenoxy) is 1. The van der Waals surface area contributed by atoms with Gasteiger partial charge in [-0.2, -0.15) is 12.7 Å². The highest BCUT2D eigenvalue weighted by molar-refractivity contribution is 7.86. The van der Waals surface area contributed by atoms with Gasteiger partial charge >= 0.3 is 0 Å². The fourth-order valence-electron chi connectivity index (χ4n) is 3.91. The number of methoxy groups -OCH3 is 1. The van der Waals surface area contributed by atoms with Crippen LogP contribution in [-0.4, -0.2) is 32.9 Å². The number of nitrogens with zero attached hydrogens (tertiary/aromatic N) is 1. The van der Waals surface area contributed by atoms with E-state index >= 15 is 0 Å². The molecule has 0 unspecified atom stereocenters. The van der Waals surface area contributed by atoms with E-state index in [-0.39, 0.29) is 0 Å². The van der Waals surface area contributed by atoms with Gasteiger partial charge in [0.2, 0.25) is 0 Å². The molecule has 128 valence electrons. The molecule has 1 atom stereocenters. The summed E-state index contributed by atoms with van der Waals surface area (Å²) < 4.78 is 29.6. The number of aryl methyl sites for hydroxylation is 1. The number of benzene rings is 1. The summed E-state index contributed by atoms with van der Waals surface area (Å²) in [5, 5.41) is 5.94. The molecule has 7 heteroatoms. The van der Waals surface area contributed by atoms with Crippen molar-refractivity contribution < 1.29 is 13.2 Å². The second kappa shape index (κ2) is 6.24. The molecule has 0 amide bonds. The van der Waals surface area contributed by atoms with E-state index in [0.29, 0.717) is 24.4 Å².